The molecule has 1 amide bonds. The molecule has 0 bridgehead atoms. The van der Waals surface area contributed by atoms with Gasteiger partial charge < -0.3 is 19.9 Å². The molecule has 1 heterocycles. The number of carbonyl (C=O) groups is 1. The number of rotatable bonds is 7. The van der Waals surface area contributed by atoms with Gasteiger partial charge in [-0.3, -0.25) is 0 Å². The standard InChI is InChI=1S/C16H28N4O2/c1-13(2)20-12-18-11-14(20)10-17-8-6-7-9-19-15(21)22-16(3,4)5/h6-7,11-13,17H,8-10H2,1-5H3,(H,19,21)/b7-6+. The van der Waals surface area contributed by atoms with Gasteiger partial charge in [-0.05, 0) is 34.6 Å². The van der Waals surface area contributed by atoms with Crippen molar-refractivity contribution < 1.29 is 9.53 Å². The van der Waals surface area contributed by atoms with Gasteiger partial charge in [-0.25, -0.2) is 9.78 Å². The molecule has 0 radical (unpaired) electrons. The van der Waals surface area contributed by atoms with Crippen molar-refractivity contribution in [2.45, 2.75) is 52.8 Å². The summed E-state index contributed by atoms with van der Waals surface area (Å²) in [6.07, 6.45) is 7.21. The maximum atomic E-state index is 11.4. The van der Waals surface area contributed by atoms with E-state index in [4.69, 9.17) is 4.74 Å². The second kappa shape index (κ2) is 8.58. The van der Waals surface area contributed by atoms with Gasteiger partial charge in [-0.2, -0.15) is 0 Å². The molecular weight excluding hydrogens is 280 g/mol. The lowest BCUT2D eigenvalue weighted by Crippen LogP contribution is -2.32. The number of alkyl carbamates (subject to hydrolysis) is 1. The monoisotopic (exact) mass is 308 g/mol. The van der Waals surface area contributed by atoms with Gasteiger partial charge in [0.05, 0.1) is 12.0 Å². The van der Waals surface area contributed by atoms with E-state index >= 15 is 0 Å². The second-order valence-electron chi connectivity index (χ2n) is 6.37. The molecule has 22 heavy (non-hydrogen) atoms. The smallest absolute Gasteiger partial charge is 0.407 e. The molecule has 6 heteroatoms. The highest BCUT2D eigenvalue weighted by Gasteiger charge is 2.14. The molecule has 0 aliphatic carbocycles. The third kappa shape index (κ3) is 7.26. The molecular formula is C16H28N4O2. The Labute approximate surface area is 132 Å². The molecule has 6 nitrogen and oxygen atoms in total. The van der Waals surface area contributed by atoms with E-state index in [0.29, 0.717) is 12.6 Å². The molecule has 1 aromatic rings. The number of imidazole rings is 1. The lowest BCUT2D eigenvalue weighted by Gasteiger charge is -2.19. The minimum absolute atomic E-state index is 0.397. The third-order valence-corrected chi connectivity index (χ3v) is 2.80. The normalized spacial score (nSPS) is 12.1. The van der Waals surface area contributed by atoms with Crippen LogP contribution in [0.1, 0.15) is 46.4 Å². The zero-order valence-electron chi connectivity index (χ0n) is 14.2. The number of amides is 1. The first-order valence-corrected chi connectivity index (χ1v) is 7.63. The van der Waals surface area contributed by atoms with E-state index in [1.165, 1.54) is 0 Å². The van der Waals surface area contributed by atoms with E-state index in [-0.39, 0.29) is 0 Å². The summed E-state index contributed by atoms with van der Waals surface area (Å²) in [4.78, 5) is 15.6. The minimum Gasteiger partial charge on any atom is -0.444 e. The van der Waals surface area contributed by atoms with Crippen LogP contribution < -0.4 is 10.6 Å². The number of nitrogens with one attached hydrogen (secondary N) is 2. The Hall–Kier alpha value is -1.82. The predicted octanol–water partition coefficient (Wildman–Crippen LogP) is 2.63. The van der Waals surface area contributed by atoms with Gasteiger partial charge in [0.1, 0.15) is 5.60 Å². The fraction of sp³-hybridized carbons (Fsp3) is 0.625. The number of nitrogens with zero attached hydrogens (tertiary/aromatic N) is 2. The highest BCUT2D eigenvalue weighted by molar-refractivity contribution is 5.67. The van der Waals surface area contributed by atoms with Crippen LogP contribution in [-0.4, -0.2) is 34.3 Å². The third-order valence-electron chi connectivity index (χ3n) is 2.80. The Morgan fingerprint density at radius 2 is 2.05 bits per heavy atom. The van der Waals surface area contributed by atoms with Gasteiger partial charge in [-0.15, -0.1) is 0 Å². The van der Waals surface area contributed by atoms with Crippen molar-refractivity contribution >= 4 is 6.09 Å². The van der Waals surface area contributed by atoms with Gasteiger partial charge >= 0.3 is 6.09 Å². The van der Waals surface area contributed by atoms with E-state index in [2.05, 4.69) is 34.0 Å². The van der Waals surface area contributed by atoms with Gasteiger partial charge in [0, 0.05) is 31.9 Å². The van der Waals surface area contributed by atoms with Crippen LogP contribution in [0.15, 0.2) is 24.7 Å². The average Bonchev–Trinajstić information content (AvgIpc) is 2.84. The van der Waals surface area contributed by atoms with Crippen molar-refractivity contribution in [3.63, 3.8) is 0 Å². The van der Waals surface area contributed by atoms with Crippen molar-refractivity contribution in [1.29, 1.82) is 0 Å². The van der Waals surface area contributed by atoms with Crippen molar-refractivity contribution in [2.24, 2.45) is 0 Å². The molecule has 0 spiro atoms. The maximum absolute atomic E-state index is 11.4. The number of hydrogen-bond acceptors (Lipinski definition) is 4. The molecule has 0 unspecified atom stereocenters. The number of carbonyl (C=O) groups excluding carboxylic acids is 1. The van der Waals surface area contributed by atoms with Crippen LogP contribution in [0.25, 0.3) is 0 Å². The Bertz CT molecular complexity index is 487. The van der Waals surface area contributed by atoms with Crippen molar-refractivity contribution in [1.82, 2.24) is 20.2 Å². The van der Waals surface area contributed by atoms with Crippen LogP contribution in [0.2, 0.25) is 0 Å². The van der Waals surface area contributed by atoms with Crippen LogP contribution in [0, 0.1) is 0 Å². The molecule has 124 valence electrons. The molecule has 0 fully saturated rings. The maximum Gasteiger partial charge on any atom is 0.407 e. The van der Waals surface area contributed by atoms with Crippen molar-refractivity contribution in [3.05, 3.63) is 30.4 Å². The SMILES string of the molecule is CC(C)n1cncc1CNC/C=C/CNC(=O)OC(C)(C)C. The molecule has 0 saturated heterocycles. The van der Waals surface area contributed by atoms with Crippen molar-refractivity contribution in [2.75, 3.05) is 13.1 Å². The van der Waals surface area contributed by atoms with Gasteiger partial charge in [-0.1, -0.05) is 12.2 Å². The zero-order valence-corrected chi connectivity index (χ0v) is 14.2. The quantitative estimate of drug-likeness (QED) is 0.600. The first-order valence-electron chi connectivity index (χ1n) is 7.63. The van der Waals surface area contributed by atoms with Gasteiger partial charge in [0.25, 0.3) is 0 Å². The summed E-state index contributed by atoms with van der Waals surface area (Å²) in [7, 11) is 0. The lowest BCUT2D eigenvalue weighted by atomic mass is 10.2. The fourth-order valence-corrected chi connectivity index (χ4v) is 1.84. The predicted molar refractivity (Wildman–Crippen MR) is 87.7 cm³/mol. The van der Waals surface area contributed by atoms with Gasteiger partial charge in [0.2, 0.25) is 0 Å². The Morgan fingerprint density at radius 1 is 1.36 bits per heavy atom. The second-order valence-corrected chi connectivity index (χ2v) is 6.37. The van der Waals surface area contributed by atoms with E-state index in [0.717, 1.165) is 18.8 Å². The first kappa shape index (κ1) is 18.2. The van der Waals surface area contributed by atoms with E-state index in [1.807, 2.05) is 45.4 Å². The van der Waals surface area contributed by atoms with Crippen LogP contribution in [0.5, 0.6) is 0 Å². The summed E-state index contributed by atoms with van der Waals surface area (Å²) in [5, 5.41) is 6.00. The minimum atomic E-state index is -0.464. The molecule has 0 aliphatic rings. The van der Waals surface area contributed by atoms with Gasteiger partial charge in [0.15, 0.2) is 0 Å². The molecule has 1 rings (SSSR count). The summed E-state index contributed by atoms with van der Waals surface area (Å²) in [5.74, 6) is 0. The van der Waals surface area contributed by atoms with Crippen LogP contribution >= 0.6 is 0 Å². The van der Waals surface area contributed by atoms with Crippen LogP contribution in [0.3, 0.4) is 0 Å². The summed E-state index contributed by atoms with van der Waals surface area (Å²) >= 11 is 0. The summed E-state index contributed by atoms with van der Waals surface area (Å²) in [6.45, 7) is 11.7. The Balaban J connectivity index is 2.17. The molecule has 0 aromatic carbocycles. The van der Waals surface area contributed by atoms with E-state index in [1.54, 1.807) is 0 Å². The Kier molecular flexibility index (Phi) is 7.11. The molecule has 0 atom stereocenters. The highest BCUT2D eigenvalue weighted by atomic mass is 16.6. The summed E-state index contributed by atoms with van der Waals surface area (Å²) < 4.78 is 7.28. The summed E-state index contributed by atoms with van der Waals surface area (Å²) in [6, 6.07) is 0.410. The highest BCUT2D eigenvalue weighted by Crippen LogP contribution is 2.08. The lowest BCUT2D eigenvalue weighted by molar-refractivity contribution is 0.0534. The number of ether oxygens (including phenoxy) is 1. The number of hydrogen-bond donors (Lipinski definition) is 2. The molecule has 0 aliphatic heterocycles. The molecule has 1 aromatic heterocycles. The number of aromatic nitrogens is 2. The molecule has 2 N–H and O–H groups in total. The largest absolute Gasteiger partial charge is 0.444 e. The first-order chi connectivity index (χ1) is 10.3. The summed E-state index contributed by atoms with van der Waals surface area (Å²) in [5.41, 5.74) is 0.699. The van der Waals surface area contributed by atoms with Crippen LogP contribution in [-0.2, 0) is 11.3 Å². The molecule has 0 saturated carbocycles. The van der Waals surface area contributed by atoms with E-state index in [9.17, 15) is 4.79 Å². The fourth-order valence-electron chi connectivity index (χ4n) is 1.84. The average molecular weight is 308 g/mol. The Morgan fingerprint density at radius 3 is 2.68 bits per heavy atom. The topological polar surface area (TPSA) is 68.2 Å². The van der Waals surface area contributed by atoms with Crippen molar-refractivity contribution in [3.8, 4) is 0 Å². The zero-order chi connectivity index (χ0) is 16.6. The van der Waals surface area contributed by atoms with Crippen LogP contribution in [0.4, 0.5) is 4.79 Å². The van der Waals surface area contributed by atoms with E-state index < -0.39 is 11.7 Å².